The van der Waals surface area contributed by atoms with Crippen LogP contribution in [-0.2, 0) is 11.8 Å². The summed E-state index contributed by atoms with van der Waals surface area (Å²) in [6.45, 7) is 4.27. The summed E-state index contributed by atoms with van der Waals surface area (Å²) >= 11 is 0. The first kappa shape index (κ1) is 8.73. The molecule has 1 aliphatic carbocycles. The first-order valence-corrected chi connectivity index (χ1v) is 5.07. The van der Waals surface area contributed by atoms with Gasteiger partial charge in [0.15, 0.2) is 0 Å². The second-order valence-electron chi connectivity index (χ2n) is 4.12. The fourth-order valence-electron chi connectivity index (χ4n) is 2.01. The Bertz CT molecular complexity index is 287. The largest absolute Gasteiger partial charge is 0.425 e. The molecule has 1 aromatic rings. The maximum Gasteiger partial charge on any atom is 0.222 e. The zero-order valence-electron chi connectivity index (χ0n) is 8.34. The first-order chi connectivity index (χ1) is 6.24. The third-order valence-electron chi connectivity index (χ3n) is 2.99. The maximum absolute atomic E-state index is 5.60. The normalized spacial score (nSPS) is 20.8. The molecule has 0 aliphatic heterocycles. The smallest absolute Gasteiger partial charge is 0.222 e. The predicted molar refractivity (Wildman–Crippen MR) is 49.5 cm³/mol. The standard InChI is InChI=1S/C10H16N2O/c1-3-8-11-12-9(13-8)10(2)6-4-5-7-10/h3-7H2,1-2H3. The van der Waals surface area contributed by atoms with Crippen molar-refractivity contribution in [1.29, 1.82) is 0 Å². The van der Waals surface area contributed by atoms with E-state index in [2.05, 4.69) is 17.1 Å². The highest BCUT2D eigenvalue weighted by atomic mass is 16.4. The Kier molecular flexibility index (Phi) is 2.10. The Balaban J connectivity index is 2.23. The van der Waals surface area contributed by atoms with Crippen molar-refractivity contribution in [2.75, 3.05) is 0 Å². The summed E-state index contributed by atoms with van der Waals surface area (Å²) in [5.41, 5.74) is 0.167. The fraction of sp³-hybridized carbons (Fsp3) is 0.800. The van der Waals surface area contributed by atoms with E-state index >= 15 is 0 Å². The summed E-state index contributed by atoms with van der Waals surface area (Å²) in [4.78, 5) is 0. The van der Waals surface area contributed by atoms with Crippen LogP contribution in [0.5, 0.6) is 0 Å². The molecule has 1 aromatic heterocycles. The van der Waals surface area contributed by atoms with Gasteiger partial charge >= 0.3 is 0 Å². The molecule has 3 nitrogen and oxygen atoms in total. The summed E-state index contributed by atoms with van der Waals surface area (Å²) in [7, 11) is 0. The molecule has 2 rings (SSSR count). The van der Waals surface area contributed by atoms with Gasteiger partial charge in [-0.15, -0.1) is 10.2 Å². The van der Waals surface area contributed by atoms with E-state index in [0.717, 1.165) is 18.2 Å². The van der Waals surface area contributed by atoms with E-state index in [1.54, 1.807) is 0 Å². The zero-order valence-corrected chi connectivity index (χ0v) is 8.34. The van der Waals surface area contributed by atoms with Crippen LogP contribution in [-0.4, -0.2) is 10.2 Å². The molecule has 0 amide bonds. The van der Waals surface area contributed by atoms with Gasteiger partial charge in [0.25, 0.3) is 0 Å². The van der Waals surface area contributed by atoms with Crippen LogP contribution in [0.4, 0.5) is 0 Å². The van der Waals surface area contributed by atoms with Crippen LogP contribution in [0.25, 0.3) is 0 Å². The van der Waals surface area contributed by atoms with Gasteiger partial charge < -0.3 is 4.42 Å². The average Bonchev–Trinajstić information content (AvgIpc) is 2.72. The third kappa shape index (κ3) is 1.47. The van der Waals surface area contributed by atoms with Crippen LogP contribution in [0, 0.1) is 0 Å². The first-order valence-electron chi connectivity index (χ1n) is 5.07. The van der Waals surface area contributed by atoms with E-state index in [4.69, 9.17) is 4.42 Å². The van der Waals surface area contributed by atoms with Crippen molar-refractivity contribution in [3.63, 3.8) is 0 Å². The average molecular weight is 180 g/mol. The molecule has 3 heteroatoms. The fourth-order valence-corrected chi connectivity index (χ4v) is 2.01. The van der Waals surface area contributed by atoms with Crippen molar-refractivity contribution in [2.24, 2.45) is 0 Å². The SMILES string of the molecule is CCc1nnc(C2(C)CCCC2)o1. The van der Waals surface area contributed by atoms with E-state index in [1.807, 2.05) is 6.92 Å². The van der Waals surface area contributed by atoms with Gasteiger partial charge in [0.05, 0.1) is 0 Å². The van der Waals surface area contributed by atoms with Crippen LogP contribution >= 0.6 is 0 Å². The van der Waals surface area contributed by atoms with Gasteiger partial charge in [-0.2, -0.15) is 0 Å². The highest BCUT2D eigenvalue weighted by Crippen LogP contribution is 2.39. The Morgan fingerprint density at radius 1 is 1.31 bits per heavy atom. The predicted octanol–water partition coefficient (Wildman–Crippen LogP) is 2.46. The minimum Gasteiger partial charge on any atom is -0.425 e. The lowest BCUT2D eigenvalue weighted by Crippen LogP contribution is -2.17. The molecule has 0 N–H and O–H groups in total. The second kappa shape index (κ2) is 3.13. The van der Waals surface area contributed by atoms with Gasteiger partial charge in [0, 0.05) is 11.8 Å². The van der Waals surface area contributed by atoms with Crippen molar-refractivity contribution < 1.29 is 4.42 Å². The summed E-state index contributed by atoms with van der Waals surface area (Å²) in [5, 5.41) is 8.13. The number of nitrogens with zero attached hydrogens (tertiary/aromatic N) is 2. The van der Waals surface area contributed by atoms with Crippen molar-refractivity contribution in [1.82, 2.24) is 10.2 Å². The molecule has 0 spiro atoms. The summed E-state index contributed by atoms with van der Waals surface area (Å²) in [6.07, 6.45) is 5.81. The molecule has 0 atom stereocenters. The lowest BCUT2D eigenvalue weighted by molar-refractivity contribution is 0.338. The number of aromatic nitrogens is 2. The Morgan fingerprint density at radius 3 is 2.54 bits per heavy atom. The molecular weight excluding hydrogens is 164 g/mol. The van der Waals surface area contributed by atoms with Crippen molar-refractivity contribution >= 4 is 0 Å². The summed E-state index contributed by atoms with van der Waals surface area (Å²) in [5.74, 6) is 1.62. The van der Waals surface area contributed by atoms with Crippen LogP contribution in [0.1, 0.15) is 51.3 Å². The molecule has 0 aromatic carbocycles. The number of aryl methyl sites for hydroxylation is 1. The van der Waals surface area contributed by atoms with E-state index in [9.17, 15) is 0 Å². The van der Waals surface area contributed by atoms with Crippen LogP contribution < -0.4 is 0 Å². The van der Waals surface area contributed by atoms with Crippen LogP contribution in [0.2, 0.25) is 0 Å². The zero-order chi connectivity index (χ0) is 9.31. The van der Waals surface area contributed by atoms with Crippen LogP contribution in [0.15, 0.2) is 4.42 Å². The van der Waals surface area contributed by atoms with Gasteiger partial charge in [-0.1, -0.05) is 26.7 Å². The monoisotopic (exact) mass is 180 g/mol. The molecule has 1 saturated carbocycles. The third-order valence-corrected chi connectivity index (χ3v) is 2.99. The van der Waals surface area contributed by atoms with Crippen molar-refractivity contribution in [2.45, 2.75) is 51.4 Å². The topological polar surface area (TPSA) is 38.9 Å². The number of rotatable bonds is 2. The molecule has 13 heavy (non-hydrogen) atoms. The molecule has 0 unspecified atom stereocenters. The minimum absolute atomic E-state index is 0.167. The number of hydrogen-bond donors (Lipinski definition) is 0. The minimum atomic E-state index is 0.167. The van der Waals surface area contributed by atoms with Gasteiger partial charge in [0.1, 0.15) is 0 Å². The molecule has 72 valence electrons. The van der Waals surface area contributed by atoms with E-state index < -0.39 is 0 Å². The Hall–Kier alpha value is -0.860. The van der Waals surface area contributed by atoms with E-state index in [-0.39, 0.29) is 5.41 Å². The Labute approximate surface area is 78.5 Å². The second-order valence-corrected chi connectivity index (χ2v) is 4.12. The Morgan fingerprint density at radius 2 is 2.00 bits per heavy atom. The molecule has 1 fully saturated rings. The van der Waals surface area contributed by atoms with Crippen LogP contribution in [0.3, 0.4) is 0 Å². The van der Waals surface area contributed by atoms with Gasteiger partial charge in [0.2, 0.25) is 11.8 Å². The molecule has 0 saturated heterocycles. The molecule has 1 heterocycles. The molecular formula is C10H16N2O. The lowest BCUT2D eigenvalue weighted by Gasteiger charge is -2.17. The van der Waals surface area contributed by atoms with Gasteiger partial charge in [-0.3, -0.25) is 0 Å². The highest BCUT2D eigenvalue weighted by molar-refractivity contribution is 5.04. The van der Waals surface area contributed by atoms with E-state index in [1.165, 1.54) is 25.7 Å². The molecule has 0 radical (unpaired) electrons. The van der Waals surface area contributed by atoms with E-state index in [0.29, 0.717) is 0 Å². The molecule has 0 bridgehead atoms. The quantitative estimate of drug-likeness (QED) is 0.701. The lowest BCUT2D eigenvalue weighted by atomic mass is 9.89. The van der Waals surface area contributed by atoms with Gasteiger partial charge in [-0.25, -0.2) is 0 Å². The van der Waals surface area contributed by atoms with Gasteiger partial charge in [-0.05, 0) is 12.8 Å². The highest BCUT2D eigenvalue weighted by Gasteiger charge is 2.35. The van der Waals surface area contributed by atoms with Crippen molar-refractivity contribution in [3.8, 4) is 0 Å². The van der Waals surface area contributed by atoms with Crippen molar-refractivity contribution in [3.05, 3.63) is 11.8 Å². The summed E-state index contributed by atoms with van der Waals surface area (Å²) in [6, 6.07) is 0. The summed E-state index contributed by atoms with van der Waals surface area (Å²) < 4.78 is 5.60. The maximum atomic E-state index is 5.60. The molecule has 1 aliphatic rings. The number of hydrogen-bond acceptors (Lipinski definition) is 3.